The summed E-state index contributed by atoms with van der Waals surface area (Å²) in [5.41, 5.74) is 6.51. The Balaban J connectivity index is 1.55. The zero-order valence-corrected chi connectivity index (χ0v) is 17.7. The summed E-state index contributed by atoms with van der Waals surface area (Å²) in [7, 11) is 1.62. The number of carbonyl (C=O) groups excluding carboxylic acids is 1. The Bertz CT molecular complexity index is 1240. The van der Waals surface area contributed by atoms with E-state index in [1.54, 1.807) is 7.11 Å². The second kappa shape index (κ2) is 7.84. The number of methoxy groups -OCH3 is 1. The molecule has 0 saturated carbocycles. The molecule has 1 aromatic heterocycles. The minimum atomic E-state index is -0.178. The predicted octanol–water partition coefficient (Wildman–Crippen LogP) is 5.66. The molecule has 5 nitrogen and oxygen atoms in total. The Hall–Kier alpha value is -3.73. The Morgan fingerprint density at radius 2 is 1.87 bits per heavy atom. The van der Waals surface area contributed by atoms with Crippen LogP contribution in [0.5, 0.6) is 5.75 Å². The topological polar surface area (TPSA) is 57.4 Å². The number of fused-ring (bicyclic) bond motifs is 3. The number of aryl methyl sites for hydroxylation is 1. The number of hydrogen-bond acceptors (Lipinski definition) is 2. The van der Waals surface area contributed by atoms with Gasteiger partial charge in [0.2, 0.25) is 0 Å². The van der Waals surface area contributed by atoms with Crippen molar-refractivity contribution in [3.05, 3.63) is 95.2 Å². The van der Waals surface area contributed by atoms with E-state index in [-0.39, 0.29) is 12.1 Å². The molecular formula is C26H25N3O2. The van der Waals surface area contributed by atoms with Crippen LogP contribution in [0.4, 0.5) is 10.5 Å². The summed E-state index contributed by atoms with van der Waals surface area (Å²) in [4.78, 5) is 18.9. The van der Waals surface area contributed by atoms with Gasteiger partial charge < -0.3 is 19.9 Å². The third kappa shape index (κ3) is 3.52. The van der Waals surface area contributed by atoms with Crippen LogP contribution in [0, 0.1) is 6.92 Å². The second-order valence-corrected chi connectivity index (χ2v) is 7.98. The smallest absolute Gasteiger partial charge is 0.322 e. The molecule has 0 fully saturated rings. The van der Waals surface area contributed by atoms with Crippen LogP contribution in [0.3, 0.4) is 0 Å². The summed E-state index contributed by atoms with van der Waals surface area (Å²) >= 11 is 0. The van der Waals surface area contributed by atoms with E-state index in [4.69, 9.17) is 4.74 Å². The summed E-state index contributed by atoms with van der Waals surface area (Å²) in [5, 5.41) is 4.29. The Labute approximate surface area is 181 Å². The fourth-order valence-electron chi connectivity index (χ4n) is 4.45. The summed E-state index contributed by atoms with van der Waals surface area (Å²) in [6.45, 7) is 2.72. The molecular weight excluding hydrogens is 386 g/mol. The van der Waals surface area contributed by atoms with Crippen molar-refractivity contribution in [2.75, 3.05) is 19.0 Å². The van der Waals surface area contributed by atoms with Crippen LogP contribution in [0.2, 0.25) is 0 Å². The first-order chi connectivity index (χ1) is 15.1. The van der Waals surface area contributed by atoms with Gasteiger partial charge in [-0.3, -0.25) is 0 Å². The molecule has 0 spiro atoms. The van der Waals surface area contributed by atoms with E-state index in [2.05, 4.69) is 59.7 Å². The lowest BCUT2D eigenvalue weighted by Crippen LogP contribution is -2.43. The number of carbonyl (C=O) groups is 1. The van der Waals surface area contributed by atoms with E-state index in [0.29, 0.717) is 12.3 Å². The molecule has 0 unspecified atom stereocenters. The SMILES string of the molecule is COc1cccc(NC(=O)N2CCc3c([nH]c4ccccc34)[C@@H]2c2ccc(C)cc2)c1. The number of amides is 2. The van der Waals surface area contributed by atoms with Gasteiger partial charge in [0, 0.05) is 34.9 Å². The number of aromatic amines is 1. The lowest BCUT2D eigenvalue weighted by atomic mass is 9.92. The van der Waals surface area contributed by atoms with Crippen LogP contribution >= 0.6 is 0 Å². The lowest BCUT2D eigenvalue weighted by Gasteiger charge is -2.36. The fraction of sp³-hybridized carbons (Fsp3) is 0.192. The van der Waals surface area contributed by atoms with Gasteiger partial charge >= 0.3 is 6.03 Å². The molecule has 4 aromatic rings. The number of hydrogen-bond donors (Lipinski definition) is 2. The maximum atomic E-state index is 13.4. The minimum Gasteiger partial charge on any atom is -0.497 e. The fourth-order valence-corrected chi connectivity index (χ4v) is 4.45. The highest BCUT2D eigenvalue weighted by Crippen LogP contribution is 2.38. The molecule has 2 heterocycles. The van der Waals surface area contributed by atoms with Gasteiger partial charge in [0.05, 0.1) is 13.2 Å². The van der Waals surface area contributed by atoms with E-state index in [0.717, 1.165) is 28.9 Å². The van der Waals surface area contributed by atoms with Crippen molar-refractivity contribution in [2.45, 2.75) is 19.4 Å². The van der Waals surface area contributed by atoms with Gasteiger partial charge in [-0.15, -0.1) is 0 Å². The van der Waals surface area contributed by atoms with Gasteiger partial charge in [-0.25, -0.2) is 4.79 Å². The van der Waals surface area contributed by atoms with Crippen molar-refractivity contribution in [3.8, 4) is 5.75 Å². The molecule has 2 N–H and O–H groups in total. The Morgan fingerprint density at radius 3 is 2.68 bits per heavy atom. The summed E-state index contributed by atoms with van der Waals surface area (Å²) < 4.78 is 5.29. The zero-order valence-electron chi connectivity index (χ0n) is 17.7. The number of nitrogens with zero attached hydrogens (tertiary/aromatic N) is 1. The highest BCUT2D eigenvalue weighted by atomic mass is 16.5. The monoisotopic (exact) mass is 411 g/mol. The number of urea groups is 1. The molecule has 1 aliphatic rings. The molecule has 0 bridgehead atoms. The number of nitrogens with one attached hydrogen (secondary N) is 2. The van der Waals surface area contributed by atoms with Gasteiger partial charge in [-0.2, -0.15) is 0 Å². The van der Waals surface area contributed by atoms with Crippen LogP contribution < -0.4 is 10.1 Å². The van der Waals surface area contributed by atoms with E-state index in [9.17, 15) is 4.79 Å². The van der Waals surface area contributed by atoms with Crippen LogP contribution in [-0.2, 0) is 6.42 Å². The van der Waals surface area contributed by atoms with Gasteiger partial charge in [-0.05, 0) is 42.7 Å². The number of benzene rings is 3. The Kier molecular flexibility index (Phi) is 4.86. The quantitative estimate of drug-likeness (QED) is 0.457. The van der Waals surface area contributed by atoms with Crippen molar-refractivity contribution in [1.29, 1.82) is 0 Å². The first-order valence-electron chi connectivity index (χ1n) is 10.5. The molecule has 2 amide bonds. The first-order valence-corrected chi connectivity index (χ1v) is 10.5. The third-order valence-electron chi connectivity index (χ3n) is 6.01. The Morgan fingerprint density at radius 1 is 1.06 bits per heavy atom. The van der Waals surface area contributed by atoms with Crippen LogP contribution in [0.1, 0.15) is 28.4 Å². The number of para-hydroxylation sites is 1. The molecule has 31 heavy (non-hydrogen) atoms. The highest BCUT2D eigenvalue weighted by molar-refractivity contribution is 5.91. The first kappa shape index (κ1) is 19.2. The highest BCUT2D eigenvalue weighted by Gasteiger charge is 2.34. The van der Waals surface area contributed by atoms with Crippen LogP contribution in [0.15, 0.2) is 72.8 Å². The third-order valence-corrected chi connectivity index (χ3v) is 6.01. The zero-order chi connectivity index (χ0) is 21.4. The number of aromatic nitrogens is 1. The van der Waals surface area contributed by atoms with Crippen molar-refractivity contribution in [1.82, 2.24) is 9.88 Å². The van der Waals surface area contributed by atoms with Crippen molar-refractivity contribution < 1.29 is 9.53 Å². The molecule has 5 rings (SSSR count). The molecule has 1 aliphatic heterocycles. The van der Waals surface area contributed by atoms with Gasteiger partial charge in [0.15, 0.2) is 0 Å². The number of ether oxygens (including phenoxy) is 1. The van der Waals surface area contributed by atoms with Gasteiger partial charge in [-0.1, -0.05) is 54.1 Å². The second-order valence-electron chi connectivity index (χ2n) is 7.98. The number of H-pyrrole nitrogens is 1. The summed E-state index contributed by atoms with van der Waals surface area (Å²) in [6.07, 6.45) is 0.813. The maximum Gasteiger partial charge on any atom is 0.322 e. The lowest BCUT2D eigenvalue weighted by molar-refractivity contribution is 0.193. The summed E-state index contributed by atoms with van der Waals surface area (Å²) in [6, 6.07) is 23.9. The van der Waals surface area contributed by atoms with Gasteiger partial charge in [0.1, 0.15) is 5.75 Å². The molecule has 0 saturated heterocycles. The number of anilines is 1. The summed E-state index contributed by atoms with van der Waals surface area (Å²) in [5.74, 6) is 0.712. The van der Waals surface area contributed by atoms with E-state index < -0.39 is 0 Å². The largest absolute Gasteiger partial charge is 0.497 e. The molecule has 0 radical (unpaired) electrons. The molecule has 5 heteroatoms. The molecule has 1 atom stereocenters. The average Bonchev–Trinajstić information content (AvgIpc) is 3.18. The average molecular weight is 412 g/mol. The van der Waals surface area contributed by atoms with Crippen molar-refractivity contribution in [3.63, 3.8) is 0 Å². The number of rotatable bonds is 3. The van der Waals surface area contributed by atoms with Gasteiger partial charge in [0.25, 0.3) is 0 Å². The van der Waals surface area contributed by atoms with E-state index >= 15 is 0 Å². The predicted molar refractivity (Wildman–Crippen MR) is 124 cm³/mol. The standard InChI is InChI=1S/C26H25N3O2/c1-17-10-12-18(13-11-17)25-24-22(21-8-3-4-9-23(21)28-24)14-15-29(25)26(30)27-19-6-5-7-20(16-19)31-2/h3-13,16,25,28H,14-15H2,1-2H3,(H,27,30)/t25-/m0/s1. The molecule has 3 aromatic carbocycles. The van der Waals surface area contributed by atoms with Crippen molar-refractivity contribution >= 4 is 22.6 Å². The molecule has 156 valence electrons. The minimum absolute atomic E-state index is 0.122. The maximum absolute atomic E-state index is 13.4. The normalized spacial score (nSPS) is 15.5. The van der Waals surface area contributed by atoms with E-state index in [1.165, 1.54) is 16.5 Å². The van der Waals surface area contributed by atoms with Crippen molar-refractivity contribution in [2.24, 2.45) is 0 Å². The van der Waals surface area contributed by atoms with Crippen LogP contribution in [-0.4, -0.2) is 29.6 Å². The van der Waals surface area contributed by atoms with E-state index in [1.807, 2.05) is 35.2 Å². The van der Waals surface area contributed by atoms with Crippen LogP contribution in [0.25, 0.3) is 10.9 Å². The molecule has 0 aliphatic carbocycles.